The third-order valence-electron chi connectivity index (χ3n) is 3.99. The number of carbonyl (C=O) groups is 1. The van der Waals surface area contributed by atoms with Crippen LogP contribution in [0.3, 0.4) is 0 Å². The highest BCUT2D eigenvalue weighted by Crippen LogP contribution is 2.22. The summed E-state index contributed by atoms with van der Waals surface area (Å²) in [5.41, 5.74) is 1.54. The van der Waals surface area contributed by atoms with Crippen molar-refractivity contribution in [1.29, 1.82) is 0 Å². The number of amidine groups is 1. The van der Waals surface area contributed by atoms with Crippen LogP contribution < -0.4 is 4.72 Å². The van der Waals surface area contributed by atoms with E-state index in [1.807, 2.05) is 37.3 Å². The standard InChI is InChI=1S/C18H19N3O3S/c1-2-21(13-14-8-4-3-5-9-14)17(22)12-19-18-15-10-6-7-11-16(15)25(23,24)20-18/h3-11H,2,12-13H2,1H3,(H,19,20). The van der Waals surface area contributed by atoms with E-state index < -0.39 is 10.0 Å². The second-order valence-electron chi connectivity index (χ2n) is 5.66. The van der Waals surface area contributed by atoms with Gasteiger partial charge >= 0.3 is 0 Å². The van der Waals surface area contributed by atoms with Crippen LogP contribution in [0.1, 0.15) is 18.1 Å². The Kier molecular flexibility index (Phi) is 4.85. The molecule has 6 nitrogen and oxygen atoms in total. The molecule has 0 bridgehead atoms. The maximum atomic E-state index is 12.5. The summed E-state index contributed by atoms with van der Waals surface area (Å²) in [5.74, 6) is 0.0714. The molecular weight excluding hydrogens is 338 g/mol. The van der Waals surface area contributed by atoms with Crippen molar-refractivity contribution in [2.24, 2.45) is 4.99 Å². The normalized spacial score (nSPS) is 16.3. The van der Waals surface area contributed by atoms with Gasteiger partial charge < -0.3 is 4.90 Å². The average molecular weight is 357 g/mol. The number of hydrogen-bond donors (Lipinski definition) is 1. The van der Waals surface area contributed by atoms with Crippen molar-refractivity contribution in [1.82, 2.24) is 9.62 Å². The van der Waals surface area contributed by atoms with Gasteiger partial charge in [-0.2, -0.15) is 0 Å². The monoisotopic (exact) mass is 357 g/mol. The molecule has 1 N–H and O–H groups in total. The fraction of sp³-hybridized carbons (Fsp3) is 0.222. The minimum Gasteiger partial charge on any atom is -0.337 e. The molecule has 0 saturated heterocycles. The van der Waals surface area contributed by atoms with Crippen molar-refractivity contribution in [2.75, 3.05) is 13.1 Å². The summed E-state index contributed by atoms with van der Waals surface area (Å²) in [6.45, 7) is 2.86. The van der Waals surface area contributed by atoms with Crippen LogP contribution in [0.4, 0.5) is 0 Å². The number of nitrogens with zero attached hydrogens (tertiary/aromatic N) is 2. The Labute approximate surface area is 147 Å². The van der Waals surface area contributed by atoms with E-state index in [1.54, 1.807) is 23.1 Å². The van der Waals surface area contributed by atoms with Crippen molar-refractivity contribution in [3.05, 3.63) is 65.7 Å². The Morgan fingerprint density at radius 2 is 1.76 bits per heavy atom. The number of nitrogens with one attached hydrogen (secondary N) is 1. The molecule has 0 aliphatic carbocycles. The summed E-state index contributed by atoms with van der Waals surface area (Å²) in [6.07, 6.45) is 0. The Morgan fingerprint density at radius 1 is 1.08 bits per heavy atom. The molecule has 2 aromatic rings. The largest absolute Gasteiger partial charge is 0.337 e. The van der Waals surface area contributed by atoms with E-state index in [0.29, 0.717) is 18.7 Å². The summed E-state index contributed by atoms with van der Waals surface area (Å²) in [6, 6.07) is 16.3. The SMILES string of the molecule is CCN(Cc1ccccc1)C(=O)CN=C1NS(=O)(=O)c2ccccc21. The van der Waals surface area contributed by atoms with Crippen LogP contribution in [-0.2, 0) is 21.4 Å². The van der Waals surface area contributed by atoms with Crippen molar-refractivity contribution in [3.63, 3.8) is 0 Å². The molecular formula is C18H19N3O3S. The zero-order chi connectivity index (χ0) is 17.9. The molecule has 25 heavy (non-hydrogen) atoms. The predicted octanol–water partition coefficient (Wildman–Crippen LogP) is 1.77. The summed E-state index contributed by atoms with van der Waals surface area (Å²) in [5, 5.41) is 0. The maximum absolute atomic E-state index is 12.5. The van der Waals surface area contributed by atoms with Crippen molar-refractivity contribution < 1.29 is 13.2 Å². The summed E-state index contributed by atoms with van der Waals surface area (Å²) < 4.78 is 26.5. The molecule has 3 rings (SSSR count). The number of carbonyl (C=O) groups excluding carboxylic acids is 1. The predicted molar refractivity (Wildman–Crippen MR) is 95.7 cm³/mol. The molecule has 0 spiro atoms. The van der Waals surface area contributed by atoms with Crippen LogP contribution in [0.25, 0.3) is 0 Å². The van der Waals surface area contributed by atoms with Gasteiger partial charge in [0.05, 0.1) is 4.90 Å². The van der Waals surface area contributed by atoms with Gasteiger partial charge in [0.2, 0.25) is 5.91 Å². The molecule has 0 unspecified atom stereocenters. The number of fused-ring (bicyclic) bond motifs is 1. The van der Waals surface area contributed by atoms with Gasteiger partial charge in [0.1, 0.15) is 12.4 Å². The summed E-state index contributed by atoms with van der Waals surface area (Å²) in [7, 11) is -3.58. The van der Waals surface area contributed by atoms with Gasteiger partial charge in [-0.15, -0.1) is 0 Å². The quantitative estimate of drug-likeness (QED) is 0.886. The lowest BCUT2D eigenvalue weighted by Gasteiger charge is -2.20. The van der Waals surface area contributed by atoms with E-state index in [2.05, 4.69) is 9.71 Å². The minimum absolute atomic E-state index is 0.104. The molecule has 0 atom stereocenters. The Balaban J connectivity index is 1.74. The minimum atomic E-state index is -3.58. The lowest BCUT2D eigenvalue weighted by atomic mass is 10.2. The Morgan fingerprint density at radius 3 is 2.48 bits per heavy atom. The molecule has 2 aromatic carbocycles. The van der Waals surface area contributed by atoms with Gasteiger partial charge in [-0.1, -0.05) is 42.5 Å². The van der Waals surface area contributed by atoms with Crippen LogP contribution in [0.5, 0.6) is 0 Å². The first-order valence-corrected chi connectivity index (χ1v) is 9.48. The number of rotatable bonds is 5. The fourth-order valence-electron chi connectivity index (χ4n) is 2.68. The van der Waals surface area contributed by atoms with Crippen LogP contribution in [0.2, 0.25) is 0 Å². The molecule has 1 heterocycles. The van der Waals surface area contributed by atoms with E-state index in [0.717, 1.165) is 5.56 Å². The molecule has 0 fully saturated rings. The highest BCUT2D eigenvalue weighted by molar-refractivity contribution is 7.90. The first-order valence-electron chi connectivity index (χ1n) is 7.99. The lowest BCUT2D eigenvalue weighted by molar-refractivity contribution is -0.130. The highest BCUT2D eigenvalue weighted by Gasteiger charge is 2.30. The third-order valence-corrected chi connectivity index (χ3v) is 5.38. The fourth-order valence-corrected chi connectivity index (χ4v) is 3.93. The summed E-state index contributed by atoms with van der Waals surface area (Å²) >= 11 is 0. The average Bonchev–Trinajstić information content (AvgIpc) is 2.89. The van der Waals surface area contributed by atoms with Crippen molar-refractivity contribution >= 4 is 21.8 Å². The number of likely N-dealkylation sites (N-methyl/N-ethyl adjacent to an activating group) is 1. The topological polar surface area (TPSA) is 78.8 Å². The summed E-state index contributed by atoms with van der Waals surface area (Å²) in [4.78, 5) is 18.5. The van der Waals surface area contributed by atoms with Crippen molar-refractivity contribution in [3.8, 4) is 0 Å². The molecule has 1 aliphatic heterocycles. The lowest BCUT2D eigenvalue weighted by Crippen LogP contribution is -2.33. The van der Waals surface area contributed by atoms with E-state index >= 15 is 0 Å². The Hall–Kier alpha value is -2.67. The van der Waals surface area contributed by atoms with Crippen LogP contribution in [0.15, 0.2) is 64.5 Å². The first-order chi connectivity index (χ1) is 12.0. The third kappa shape index (κ3) is 3.71. The molecule has 130 valence electrons. The van der Waals surface area contributed by atoms with Crippen molar-refractivity contribution in [2.45, 2.75) is 18.4 Å². The van der Waals surface area contributed by atoms with E-state index in [-0.39, 0.29) is 23.2 Å². The number of hydrogen-bond acceptors (Lipinski definition) is 4. The molecule has 0 saturated carbocycles. The Bertz CT molecular complexity index is 908. The van der Waals surface area contributed by atoms with Crippen LogP contribution in [-0.4, -0.2) is 38.2 Å². The van der Waals surface area contributed by atoms with Gasteiger partial charge in [0, 0.05) is 18.7 Å². The van der Waals surface area contributed by atoms with Gasteiger partial charge in [0.25, 0.3) is 10.0 Å². The molecule has 1 amide bonds. The number of sulfonamides is 1. The van der Waals surface area contributed by atoms with E-state index in [4.69, 9.17) is 0 Å². The number of amides is 1. The zero-order valence-electron chi connectivity index (χ0n) is 13.8. The van der Waals surface area contributed by atoms with Crippen LogP contribution >= 0.6 is 0 Å². The first kappa shape index (κ1) is 17.2. The number of benzene rings is 2. The number of aliphatic imine (C=N–C) groups is 1. The van der Waals surface area contributed by atoms with Gasteiger partial charge in [-0.05, 0) is 24.6 Å². The highest BCUT2D eigenvalue weighted by atomic mass is 32.2. The molecule has 1 aliphatic rings. The second-order valence-corrected chi connectivity index (χ2v) is 7.31. The van der Waals surface area contributed by atoms with Gasteiger partial charge in [0.15, 0.2) is 0 Å². The molecule has 7 heteroatoms. The smallest absolute Gasteiger partial charge is 0.263 e. The second kappa shape index (κ2) is 7.06. The van der Waals surface area contributed by atoms with E-state index in [9.17, 15) is 13.2 Å². The zero-order valence-corrected chi connectivity index (χ0v) is 14.7. The van der Waals surface area contributed by atoms with Gasteiger partial charge in [-0.25, -0.2) is 8.42 Å². The molecule has 0 aromatic heterocycles. The van der Waals surface area contributed by atoms with E-state index in [1.165, 1.54) is 6.07 Å². The maximum Gasteiger partial charge on any atom is 0.263 e. The van der Waals surface area contributed by atoms with Crippen LogP contribution in [0, 0.1) is 0 Å². The molecule has 0 radical (unpaired) electrons. The van der Waals surface area contributed by atoms with Gasteiger partial charge in [-0.3, -0.25) is 14.5 Å².